The highest BCUT2D eigenvalue weighted by molar-refractivity contribution is 6.17. The zero-order chi connectivity index (χ0) is 22.4. The van der Waals surface area contributed by atoms with Gasteiger partial charge < -0.3 is 9.73 Å². The average molecular weight is 436 g/mol. The van der Waals surface area contributed by atoms with Gasteiger partial charge in [-0.1, -0.05) is 30.3 Å². The first-order valence-electron chi connectivity index (χ1n) is 10.9. The van der Waals surface area contributed by atoms with Crippen LogP contribution in [0.5, 0.6) is 0 Å². The van der Waals surface area contributed by atoms with E-state index in [1.54, 1.807) is 4.90 Å². The fourth-order valence-electron chi connectivity index (χ4n) is 4.61. The molecule has 0 fully saturated rings. The molecule has 6 rings (SSSR count). The first-order chi connectivity index (χ1) is 16.2. The summed E-state index contributed by atoms with van der Waals surface area (Å²) in [5.41, 5.74) is 5.98. The molecule has 0 atom stereocenters. The van der Waals surface area contributed by atoms with E-state index in [9.17, 15) is 9.59 Å². The number of benzene rings is 3. The Labute approximate surface area is 190 Å². The van der Waals surface area contributed by atoms with Crippen LogP contribution < -0.4 is 10.2 Å². The molecule has 1 aromatic heterocycles. The lowest BCUT2D eigenvalue weighted by molar-refractivity contribution is -0.124. The van der Waals surface area contributed by atoms with E-state index >= 15 is 0 Å². The lowest BCUT2D eigenvalue weighted by atomic mass is 10.0. The molecule has 2 aliphatic rings. The minimum atomic E-state index is -0.287. The molecule has 0 bridgehead atoms. The topological polar surface area (TPSA) is 88.3 Å². The summed E-state index contributed by atoms with van der Waals surface area (Å²) >= 11 is 0. The molecule has 1 aliphatic heterocycles. The molecule has 0 radical (unpaired) electrons. The zero-order valence-electron chi connectivity index (χ0n) is 17.7. The Kier molecular flexibility index (Phi) is 4.54. The number of nitrogens with zero attached hydrogens (tertiary/aromatic N) is 3. The normalized spacial score (nSPS) is 15.1. The van der Waals surface area contributed by atoms with E-state index in [4.69, 9.17) is 4.42 Å². The van der Waals surface area contributed by atoms with Crippen LogP contribution in [-0.2, 0) is 22.4 Å². The van der Waals surface area contributed by atoms with Crippen LogP contribution in [0.15, 0.2) is 71.1 Å². The lowest BCUT2D eigenvalue weighted by Crippen LogP contribution is -2.26. The van der Waals surface area contributed by atoms with E-state index in [2.05, 4.69) is 21.6 Å². The average Bonchev–Trinajstić information content (AvgIpc) is 3.49. The molecule has 162 valence electrons. The number of hydrogen-bond donors (Lipinski definition) is 1. The summed E-state index contributed by atoms with van der Waals surface area (Å²) in [6, 6.07) is 20.9. The van der Waals surface area contributed by atoms with Crippen LogP contribution in [0.2, 0.25) is 0 Å². The molecule has 33 heavy (non-hydrogen) atoms. The Morgan fingerprint density at radius 2 is 1.64 bits per heavy atom. The van der Waals surface area contributed by atoms with Gasteiger partial charge in [-0.15, -0.1) is 10.2 Å². The molecule has 1 aliphatic carbocycles. The summed E-state index contributed by atoms with van der Waals surface area (Å²) in [7, 11) is 0. The summed E-state index contributed by atoms with van der Waals surface area (Å²) in [5, 5.41) is 11.4. The molecule has 7 heteroatoms. The molecule has 7 nitrogen and oxygen atoms in total. The second-order valence-electron chi connectivity index (χ2n) is 8.23. The van der Waals surface area contributed by atoms with Crippen molar-refractivity contribution in [2.24, 2.45) is 0 Å². The van der Waals surface area contributed by atoms with Gasteiger partial charge in [0.2, 0.25) is 23.6 Å². The van der Waals surface area contributed by atoms with Crippen molar-refractivity contribution in [1.29, 1.82) is 0 Å². The van der Waals surface area contributed by atoms with Gasteiger partial charge in [0.1, 0.15) is 6.42 Å². The minimum absolute atomic E-state index is 0.216. The molecule has 2 heterocycles. The first kappa shape index (κ1) is 19.4. The SMILES string of the molecule is O=C1CC(=O)N(c2cccc(-c3nnc(-c4ccccc4)o3)c2)c2ccc3c(c2N1)CCC3. The maximum Gasteiger partial charge on any atom is 0.248 e. The molecule has 0 saturated heterocycles. The number of fused-ring (bicyclic) bond motifs is 3. The van der Waals surface area contributed by atoms with Gasteiger partial charge in [-0.05, 0) is 66.8 Å². The molecular formula is C26H20N4O3. The first-order valence-corrected chi connectivity index (χ1v) is 10.9. The van der Waals surface area contributed by atoms with Crippen LogP contribution >= 0.6 is 0 Å². The van der Waals surface area contributed by atoms with Gasteiger partial charge in [-0.25, -0.2) is 0 Å². The molecule has 1 N–H and O–H groups in total. The van der Waals surface area contributed by atoms with Gasteiger partial charge in [0.15, 0.2) is 0 Å². The van der Waals surface area contributed by atoms with Crippen molar-refractivity contribution < 1.29 is 14.0 Å². The summed E-state index contributed by atoms with van der Waals surface area (Å²) < 4.78 is 5.90. The van der Waals surface area contributed by atoms with Crippen LogP contribution in [0.4, 0.5) is 17.1 Å². The molecule has 0 saturated carbocycles. The van der Waals surface area contributed by atoms with Gasteiger partial charge in [-0.2, -0.15) is 0 Å². The Balaban J connectivity index is 1.42. The molecule has 3 aromatic carbocycles. The van der Waals surface area contributed by atoms with E-state index in [1.807, 2.05) is 60.7 Å². The van der Waals surface area contributed by atoms with Crippen LogP contribution in [-0.4, -0.2) is 22.0 Å². The van der Waals surface area contributed by atoms with Crippen LogP contribution in [0.25, 0.3) is 22.9 Å². The van der Waals surface area contributed by atoms with Gasteiger partial charge in [0.25, 0.3) is 0 Å². The number of nitrogens with one attached hydrogen (secondary N) is 1. The predicted molar refractivity (Wildman–Crippen MR) is 124 cm³/mol. The molecule has 4 aromatic rings. The second-order valence-corrected chi connectivity index (χ2v) is 8.23. The van der Waals surface area contributed by atoms with Crippen molar-refractivity contribution in [3.63, 3.8) is 0 Å². The number of hydrogen-bond acceptors (Lipinski definition) is 5. The molecule has 0 spiro atoms. The van der Waals surface area contributed by atoms with E-state index < -0.39 is 0 Å². The Morgan fingerprint density at radius 1 is 0.848 bits per heavy atom. The quantitative estimate of drug-likeness (QED) is 0.462. The number of aromatic nitrogens is 2. The van der Waals surface area contributed by atoms with Crippen LogP contribution in [0, 0.1) is 0 Å². The minimum Gasteiger partial charge on any atom is -0.416 e. The summed E-state index contributed by atoms with van der Waals surface area (Å²) in [5.74, 6) is 0.223. The highest BCUT2D eigenvalue weighted by atomic mass is 16.4. The van der Waals surface area contributed by atoms with Gasteiger partial charge in [0, 0.05) is 16.8 Å². The third-order valence-electron chi connectivity index (χ3n) is 6.12. The van der Waals surface area contributed by atoms with Crippen molar-refractivity contribution in [1.82, 2.24) is 10.2 Å². The highest BCUT2D eigenvalue weighted by Gasteiger charge is 2.31. The third-order valence-corrected chi connectivity index (χ3v) is 6.12. The monoisotopic (exact) mass is 436 g/mol. The van der Waals surface area contributed by atoms with Gasteiger partial charge in [-0.3, -0.25) is 14.5 Å². The van der Waals surface area contributed by atoms with Crippen LogP contribution in [0.3, 0.4) is 0 Å². The molecule has 0 unspecified atom stereocenters. The Bertz CT molecular complexity index is 1390. The van der Waals surface area contributed by atoms with Crippen molar-refractivity contribution in [2.75, 3.05) is 10.2 Å². The fraction of sp³-hybridized carbons (Fsp3) is 0.154. The van der Waals surface area contributed by atoms with Crippen molar-refractivity contribution in [3.8, 4) is 22.9 Å². The number of amides is 2. The Hall–Kier alpha value is -4.26. The van der Waals surface area contributed by atoms with Crippen molar-refractivity contribution in [2.45, 2.75) is 25.7 Å². The molecule has 2 amide bonds. The summed E-state index contributed by atoms with van der Waals surface area (Å²) in [6.45, 7) is 0. The van der Waals surface area contributed by atoms with Gasteiger partial charge >= 0.3 is 0 Å². The predicted octanol–water partition coefficient (Wildman–Crippen LogP) is 4.90. The summed E-state index contributed by atoms with van der Waals surface area (Å²) in [4.78, 5) is 27.2. The Morgan fingerprint density at radius 3 is 2.48 bits per heavy atom. The smallest absolute Gasteiger partial charge is 0.248 e. The maximum absolute atomic E-state index is 13.1. The largest absolute Gasteiger partial charge is 0.416 e. The van der Waals surface area contributed by atoms with E-state index in [-0.39, 0.29) is 18.2 Å². The number of aryl methyl sites for hydroxylation is 1. The zero-order valence-corrected chi connectivity index (χ0v) is 17.7. The summed E-state index contributed by atoms with van der Waals surface area (Å²) in [6.07, 6.45) is 2.71. The second kappa shape index (κ2) is 7.70. The fourth-order valence-corrected chi connectivity index (χ4v) is 4.61. The highest BCUT2D eigenvalue weighted by Crippen LogP contribution is 2.42. The standard InChI is InChI=1S/C26H20N4O3/c31-22-15-23(32)30(21-13-12-16-8-5-11-20(16)24(21)27-22)19-10-4-9-18(14-19)26-29-28-25(33-26)17-6-2-1-3-7-17/h1-4,6-7,9-10,12-14H,5,8,11,15H2,(H,27,31). The van der Waals surface area contributed by atoms with E-state index in [1.165, 1.54) is 5.56 Å². The number of carbonyl (C=O) groups excluding carboxylic acids is 2. The van der Waals surface area contributed by atoms with Crippen molar-refractivity contribution in [3.05, 3.63) is 77.9 Å². The van der Waals surface area contributed by atoms with E-state index in [0.717, 1.165) is 36.1 Å². The van der Waals surface area contributed by atoms with Crippen LogP contribution in [0.1, 0.15) is 24.0 Å². The third kappa shape index (κ3) is 3.38. The molecular weight excluding hydrogens is 416 g/mol. The van der Waals surface area contributed by atoms with E-state index in [0.29, 0.717) is 28.7 Å². The number of rotatable bonds is 3. The maximum atomic E-state index is 13.1. The lowest BCUT2D eigenvalue weighted by Gasteiger charge is -2.24. The number of carbonyl (C=O) groups is 2. The van der Waals surface area contributed by atoms with Gasteiger partial charge in [0.05, 0.1) is 11.4 Å². The number of anilines is 3. The van der Waals surface area contributed by atoms with Crippen molar-refractivity contribution >= 4 is 28.9 Å².